The predicted molar refractivity (Wildman–Crippen MR) is 123 cm³/mol. The van der Waals surface area contributed by atoms with Gasteiger partial charge in [-0.25, -0.2) is 13.9 Å². The van der Waals surface area contributed by atoms with Crippen molar-refractivity contribution in [1.29, 1.82) is 0 Å². The number of aromatic nitrogens is 3. The molecule has 1 aromatic carbocycles. The van der Waals surface area contributed by atoms with Gasteiger partial charge in [-0.05, 0) is 44.9 Å². The summed E-state index contributed by atoms with van der Waals surface area (Å²) in [7, 11) is 0. The Morgan fingerprint density at radius 1 is 1.27 bits per heavy atom. The third-order valence-electron chi connectivity index (χ3n) is 6.52. The van der Waals surface area contributed by atoms with Crippen LogP contribution in [0.4, 0.5) is 4.39 Å². The fourth-order valence-electron chi connectivity index (χ4n) is 4.71. The monoisotopic (exact) mass is 471 g/mol. The lowest BCUT2D eigenvalue weighted by molar-refractivity contribution is 0.0727. The molecule has 174 valence electrons. The standard InChI is InChI=1S/C24H27ClFN5O2/c1-3-8-29-9-6-17(7-10-29)33-22-11-16(26)4-5-18(22)24(32)30-13-19-21(14-30)28-31-15(2)20(25)12-27-23(19)31/h4-5,11-12,17H,3,6-10,13-14H2,1-2H3. The quantitative estimate of drug-likeness (QED) is 0.557. The number of likely N-dealkylation sites (tertiary alicyclic amines) is 1. The van der Waals surface area contributed by atoms with E-state index in [0.29, 0.717) is 35.1 Å². The Balaban J connectivity index is 1.34. The SMILES string of the molecule is CCCN1CCC(Oc2cc(F)ccc2C(=O)N2Cc3nn4c(C)c(Cl)cnc4c3C2)CC1. The highest BCUT2D eigenvalue weighted by atomic mass is 35.5. The minimum absolute atomic E-state index is 0.0247. The van der Waals surface area contributed by atoms with E-state index in [0.717, 1.165) is 55.8 Å². The second kappa shape index (κ2) is 8.91. The number of piperidine rings is 1. The third kappa shape index (κ3) is 4.17. The molecule has 0 unspecified atom stereocenters. The van der Waals surface area contributed by atoms with Crippen LogP contribution in [0.25, 0.3) is 5.65 Å². The number of aryl methyl sites for hydroxylation is 1. The number of benzene rings is 1. The zero-order valence-corrected chi connectivity index (χ0v) is 19.6. The molecule has 0 N–H and O–H groups in total. The van der Waals surface area contributed by atoms with Gasteiger partial charge in [-0.3, -0.25) is 4.79 Å². The molecular weight excluding hydrogens is 445 g/mol. The summed E-state index contributed by atoms with van der Waals surface area (Å²) in [6, 6.07) is 4.15. The van der Waals surface area contributed by atoms with Crippen molar-refractivity contribution in [3.05, 3.63) is 57.8 Å². The summed E-state index contributed by atoms with van der Waals surface area (Å²) in [6.07, 6.45) is 4.44. The number of amides is 1. The highest BCUT2D eigenvalue weighted by Crippen LogP contribution is 2.31. The zero-order valence-electron chi connectivity index (χ0n) is 18.9. The van der Waals surface area contributed by atoms with Crippen molar-refractivity contribution in [1.82, 2.24) is 24.4 Å². The molecule has 0 aliphatic carbocycles. The molecule has 0 bridgehead atoms. The van der Waals surface area contributed by atoms with Crippen molar-refractivity contribution < 1.29 is 13.9 Å². The largest absolute Gasteiger partial charge is 0.489 e. The number of rotatable bonds is 5. The van der Waals surface area contributed by atoms with Crippen molar-refractivity contribution in [3.8, 4) is 5.75 Å². The van der Waals surface area contributed by atoms with Gasteiger partial charge >= 0.3 is 0 Å². The molecule has 2 aliphatic heterocycles. The first-order chi connectivity index (χ1) is 15.9. The van der Waals surface area contributed by atoms with E-state index in [1.807, 2.05) is 6.92 Å². The van der Waals surface area contributed by atoms with Crippen LogP contribution in [0.5, 0.6) is 5.75 Å². The van der Waals surface area contributed by atoms with Crippen molar-refractivity contribution in [2.45, 2.75) is 52.3 Å². The summed E-state index contributed by atoms with van der Waals surface area (Å²) < 4.78 is 22.0. The first-order valence-electron chi connectivity index (χ1n) is 11.4. The van der Waals surface area contributed by atoms with E-state index >= 15 is 0 Å². The number of hydrogen-bond donors (Lipinski definition) is 0. The fourth-order valence-corrected chi connectivity index (χ4v) is 4.84. The Bertz CT molecular complexity index is 1210. The van der Waals surface area contributed by atoms with Crippen LogP contribution in [0.3, 0.4) is 0 Å². The molecule has 9 heteroatoms. The first-order valence-corrected chi connectivity index (χ1v) is 11.8. The molecule has 0 radical (unpaired) electrons. The summed E-state index contributed by atoms with van der Waals surface area (Å²) in [5.74, 6) is -0.299. The van der Waals surface area contributed by atoms with Crippen LogP contribution in [0.15, 0.2) is 24.4 Å². The molecule has 0 spiro atoms. The van der Waals surface area contributed by atoms with Crippen LogP contribution in [0.2, 0.25) is 5.02 Å². The summed E-state index contributed by atoms with van der Waals surface area (Å²) >= 11 is 6.17. The van der Waals surface area contributed by atoms with E-state index < -0.39 is 5.82 Å². The minimum Gasteiger partial charge on any atom is -0.489 e. The van der Waals surface area contributed by atoms with E-state index in [4.69, 9.17) is 16.3 Å². The lowest BCUT2D eigenvalue weighted by atomic mass is 10.1. The lowest BCUT2D eigenvalue weighted by Crippen LogP contribution is -2.38. The number of halogens is 2. The summed E-state index contributed by atoms with van der Waals surface area (Å²) in [4.78, 5) is 22.0. The van der Waals surface area contributed by atoms with Crippen LogP contribution in [-0.4, -0.2) is 56.0 Å². The van der Waals surface area contributed by atoms with Gasteiger partial charge in [0.1, 0.15) is 17.7 Å². The fraction of sp³-hybridized carbons (Fsp3) is 0.458. The number of carbonyl (C=O) groups is 1. The topological polar surface area (TPSA) is 63.0 Å². The van der Waals surface area contributed by atoms with Gasteiger partial charge in [0.15, 0.2) is 5.65 Å². The van der Waals surface area contributed by atoms with E-state index in [9.17, 15) is 9.18 Å². The van der Waals surface area contributed by atoms with E-state index in [1.165, 1.54) is 18.2 Å². The Morgan fingerprint density at radius 2 is 2.06 bits per heavy atom. The number of nitrogens with zero attached hydrogens (tertiary/aromatic N) is 5. The normalized spacial score (nSPS) is 17.0. The molecule has 1 amide bonds. The zero-order chi connectivity index (χ0) is 23.1. The van der Waals surface area contributed by atoms with Crippen molar-refractivity contribution in [2.24, 2.45) is 0 Å². The van der Waals surface area contributed by atoms with Crippen LogP contribution in [-0.2, 0) is 13.1 Å². The Labute approximate surface area is 197 Å². The van der Waals surface area contributed by atoms with E-state index in [-0.39, 0.29) is 12.0 Å². The molecule has 33 heavy (non-hydrogen) atoms. The molecule has 4 heterocycles. The van der Waals surface area contributed by atoms with Crippen molar-refractivity contribution >= 4 is 23.2 Å². The molecule has 0 saturated carbocycles. The maximum atomic E-state index is 14.1. The predicted octanol–water partition coefficient (Wildman–Crippen LogP) is 4.24. The number of fused-ring (bicyclic) bond motifs is 3. The maximum Gasteiger partial charge on any atom is 0.258 e. The molecule has 2 aliphatic rings. The smallest absolute Gasteiger partial charge is 0.258 e. The molecule has 1 fully saturated rings. The van der Waals surface area contributed by atoms with E-state index in [1.54, 1.807) is 15.6 Å². The molecule has 5 rings (SSSR count). The van der Waals surface area contributed by atoms with Gasteiger partial charge in [-0.1, -0.05) is 18.5 Å². The van der Waals surface area contributed by atoms with Gasteiger partial charge in [-0.15, -0.1) is 0 Å². The molecule has 0 atom stereocenters. The molecule has 1 saturated heterocycles. The average Bonchev–Trinajstić information content (AvgIpc) is 3.36. The van der Waals surface area contributed by atoms with Gasteiger partial charge in [0.25, 0.3) is 5.91 Å². The molecule has 2 aromatic heterocycles. The lowest BCUT2D eigenvalue weighted by Gasteiger charge is -2.32. The number of ether oxygens (including phenoxy) is 1. The van der Waals surface area contributed by atoms with Gasteiger partial charge in [0.2, 0.25) is 0 Å². The van der Waals surface area contributed by atoms with Crippen molar-refractivity contribution in [2.75, 3.05) is 19.6 Å². The van der Waals surface area contributed by atoms with Gasteiger partial charge in [-0.2, -0.15) is 5.10 Å². The van der Waals surface area contributed by atoms with Gasteiger partial charge in [0.05, 0.1) is 35.1 Å². The minimum atomic E-state index is -0.413. The maximum absolute atomic E-state index is 14.1. The summed E-state index contributed by atoms with van der Waals surface area (Å²) in [6.45, 7) is 7.79. The number of carbonyl (C=O) groups excluding carboxylic acids is 1. The third-order valence-corrected chi connectivity index (χ3v) is 6.89. The second-order valence-electron chi connectivity index (χ2n) is 8.81. The Morgan fingerprint density at radius 3 is 2.82 bits per heavy atom. The Hall–Kier alpha value is -2.71. The van der Waals surface area contributed by atoms with Gasteiger partial charge < -0.3 is 14.5 Å². The summed E-state index contributed by atoms with van der Waals surface area (Å²) in [5.41, 5.74) is 3.61. The molecular formula is C24H27ClFN5O2. The van der Waals surface area contributed by atoms with Crippen LogP contribution in [0.1, 0.15) is 53.5 Å². The van der Waals surface area contributed by atoms with Crippen molar-refractivity contribution in [3.63, 3.8) is 0 Å². The first kappa shape index (κ1) is 22.1. The average molecular weight is 472 g/mol. The molecule has 7 nitrogen and oxygen atoms in total. The van der Waals surface area contributed by atoms with Crippen LogP contribution in [0, 0.1) is 12.7 Å². The van der Waals surface area contributed by atoms with E-state index in [2.05, 4.69) is 21.9 Å². The Kier molecular flexibility index (Phi) is 5.97. The van der Waals surface area contributed by atoms with Crippen LogP contribution >= 0.6 is 11.6 Å². The molecule has 3 aromatic rings. The highest BCUT2D eigenvalue weighted by molar-refractivity contribution is 6.31. The second-order valence-corrected chi connectivity index (χ2v) is 9.22. The highest BCUT2D eigenvalue weighted by Gasteiger charge is 2.32. The van der Waals surface area contributed by atoms with Crippen LogP contribution < -0.4 is 4.74 Å². The number of hydrogen-bond acceptors (Lipinski definition) is 5. The summed E-state index contributed by atoms with van der Waals surface area (Å²) in [5, 5.41) is 5.16. The van der Waals surface area contributed by atoms with Gasteiger partial charge in [0, 0.05) is 30.9 Å².